The maximum Gasteiger partial charge on any atom is 0.460 e. The molecule has 0 heterocycles. The Labute approximate surface area is 91.9 Å². The van der Waals surface area contributed by atoms with Crippen molar-refractivity contribution >= 4 is 0 Å². The summed E-state index contributed by atoms with van der Waals surface area (Å²) in [7, 11) is 0. The van der Waals surface area contributed by atoms with E-state index in [4.69, 9.17) is 5.11 Å². The largest absolute Gasteiger partial charge is 0.460 e. The molecule has 1 unspecified atom stereocenters. The van der Waals surface area contributed by atoms with Crippen LogP contribution in [0.1, 0.15) is 6.92 Å². The molecule has 1 N–H and O–H groups in total. The molecule has 0 rings (SSSR count). The first kappa shape index (κ1) is 15.8. The molecule has 98 valence electrons. The van der Waals surface area contributed by atoms with Crippen LogP contribution in [0.15, 0.2) is 11.6 Å². The fourth-order valence-corrected chi connectivity index (χ4v) is 0.776. The average molecular weight is 264 g/mol. The van der Waals surface area contributed by atoms with Crippen molar-refractivity contribution in [2.45, 2.75) is 31.0 Å². The Morgan fingerprint density at radius 2 is 1.59 bits per heavy atom. The van der Waals surface area contributed by atoms with Gasteiger partial charge in [-0.3, -0.25) is 0 Å². The normalized spacial score (nSPS) is 16.6. The van der Waals surface area contributed by atoms with Crippen LogP contribution in [-0.4, -0.2) is 29.2 Å². The number of rotatable bonds is 3. The summed E-state index contributed by atoms with van der Waals surface area (Å²) in [6, 6.07) is 0. The molecular weight excluding hydrogens is 257 g/mol. The Hall–Kier alpha value is -1.23. The molecule has 0 radical (unpaired) electrons. The highest BCUT2D eigenvalue weighted by Crippen LogP contribution is 2.47. The van der Waals surface area contributed by atoms with Crippen molar-refractivity contribution in [2.24, 2.45) is 0 Å². The molecule has 0 fully saturated rings. The van der Waals surface area contributed by atoms with Gasteiger partial charge < -0.3 is 5.11 Å². The lowest BCUT2D eigenvalue weighted by Crippen LogP contribution is -2.51. The Balaban J connectivity index is 5.38. The predicted molar refractivity (Wildman–Crippen MR) is 44.5 cm³/mol. The third-order valence-corrected chi connectivity index (χ3v) is 1.77. The fraction of sp³-hybridized carbons (Fsp3) is 0.556. The van der Waals surface area contributed by atoms with Crippen molar-refractivity contribution in [2.75, 3.05) is 0 Å². The SMILES string of the molecule is C#CC(O)C(C)=CC(F)(F)C(F)(F)C(F)(F)F. The summed E-state index contributed by atoms with van der Waals surface area (Å²) in [5.74, 6) is -10.2. The van der Waals surface area contributed by atoms with Crippen molar-refractivity contribution in [3.63, 3.8) is 0 Å². The van der Waals surface area contributed by atoms with E-state index in [0.29, 0.717) is 6.92 Å². The Morgan fingerprint density at radius 3 is 1.88 bits per heavy atom. The molecule has 0 bridgehead atoms. The summed E-state index contributed by atoms with van der Waals surface area (Å²) in [6.07, 6.45) is -4.46. The van der Waals surface area contributed by atoms with E-state index in [1.54, 1.807) is 0 Å². The van der Waals surface area contributed by atoms with Crippen LogP contribution in [0.5, 0.6) is 0 Å². The van der Waals surface area contributed by atoms with Crippen LogP contribution in [0.25, 0.3) is 0 Å². The first-order valence-corrected chi connectivity index (χ1v) is 4.02. The van der Waals surface area contributed by atoms with Gasteiger partial charge in [-0.1, -0.05) is 5.92 Å². The molecule has 1 nitrogen and oxygen atoms in total. The summed E-state index contributed by atoms with van der Waals surface area (Å²) in [5.41, 5.74) is -0.874. The van der Waals surface area contributed by atoms with Crippen molar-refractivity contribution in [3.8, 4) is 12.3 Å². The van der Waals surface area contributed by atoms with Crippen molar-refractivity contribution in [1.82, 2.24) is 0 Å². The van der Waals surface area contributed by atoms with Gasteiger partial charge in [0, 0.05) is 0 Å². The summed E-state index contributed by atoms with van der Waals surface area (Å²) in [5, 5.41) is 8.79. The highest BCUT2D eigenvalue weighted by molar-refractivity contribution is 5.21. The van der Waals surface area contributed by atoms with Crippen LogP contribution < -0.4 is 0 Å². The second kappa shape index (κ2) is 4.56. The van der Waals surface area contributed by atoms with Gasteiger partial charge >= 0.3 is 18.0 Å². The maximum atomic E-state index is 12.7. The van der Waals surface area contributed by atoms with Gasteiger partial charge in [-0.15, -0.1) is 6.42 Å². The molecule has 1 atom stereocenters. The highest BCUT2D eigenvalue weighted by Gasteiger charge is 2.72. The van der Waals surface area contributed by atoms with E-state index in [-0.39, 0.29) is 0 Å². The first-order valence-electron chi connectivity index (χ1n) is 4.02. The third kappa shape index (κ3) is 3.12. The van der Waals surface area contributed by atoms with Gasteiger partial charge in [0.25, 0.3) is 0 Å². The molecule has 0 aliphatic carbocycles. The van der Waals surface area contributed by atoms with E-state index in [9.17, 15) is 30.7 Å². The van der Waals surface area contributed by atoms with Gasteiger partial charge in [0.2, 0.25) is 0 Å². The molecule has 0 saturated heterocycles. The van der Waals surface area contributed by atoms with Crippen molar-refractivity contribution < 1.29 is 35.8 Å². The zero-order chi connectivity index (χ0) is 14.1. The van der Waals surface area contributed by atoms with Gasteiger partial charge in [0.1, 0.15) is 6.10 Å². The van der Waals surface area contributed by atoms with Gasteiger partial charge in [0.15, 0.2) is 0 Å². The van der Waals surface area contributed by atoms with E-state index in [0.717, 1.165) is 0 Å². The lowest BCUT2D eigenvalue weighted by molar-refractivity contribution is -0.342. The average Bonchev–Trinajstić information content (AvgIpc) is 2.13. The van der Waals surface area contributed by atoms with E-state index in [1.807, 2.05) is 0 Å². The summed E-state index contributed by atoms with van der Waals surface area (Å²) in [6.45, 7) is 0.713. The molecule has 0 saturated carbocycles. The van der Waals surface area contributed by atoms with Gasteiger partial charge in [0.05, 0.1) is 0 Å². The van der Waals surface area contributed by atoms with Crippen LogP contribution in [0.3, 0.4) is 0 Å². The molecule has 0 aromatic carbocycles. The van der Waals surface area contributed by atoms with Crippen molar-refractivity contribution in [3.05, 3.63) is 11.6 Å². The minimum atomic E-state index is -6.41. The number of hydrogen-bond donors (Lipinski definition) is 1. The molecule has 0 aromatic heterocycles. The second-order valence-corrected chi connectivity index (χ2v) is 3.15. The van der Waals surface area contributed by atoms with E-state index in [2.05, 4.69) is 6.42 Å². The van der Waals surface area contributed by atoms with Crippen LogP contribution in [0, 0.1) is 12.3 Å². The molecule has 0 aromatic rings. The van der Waals surface area contributed by atoms with Crippen LogP contribution in [0.2, 0.25) is 0 Å². The number of allylic oxidation sites excluding steroid dienone is 1. The molecule has 0 aliphatic rings. The number of aliphatic hydroxyl groups is 1. The smallest absolute Gasteiger partial charge is 0.376 e. The standard InChI is InChI=1S/C9H7F7O/c1-3-6(17)5(2)4-7(10,11)8(12,13)9(14,15)16/h1,4,6,17H,2H3. The summed E-state index contributed by atoms with van der Waals surface area (Å²) in [4.78, 5) is 0. The fourth-order valence-electron chi connectivity index (χ4n) is 0.776. The van der Waals surface area contributed by atoms with Crippen LogP contribution in [-0.2, 0) is 0 Å². The van der Waals surface area contributed by atoms with E-state index in [1.165, 1.54) is 5.92 Å². The van der Waals surface area contributed by atoms with E-state index >= 15 is 0 Å². The number of aliphatic hydroxyl groups excluding tert-OH is 1. The Morgan fingerprint density at radius 1 is 1.18 bits per heavy atom. The minimum absolute atomic E-state index is 0.689. The topological polar surface area (TPSA) is 20.2 Å². The molecule has 0 amide bonds. The Bertz CT molecular complexity index is 347. The molecule has 0 spiro atoms. The highest BCUT2D eigenvalue weighted by atomic mass is 19.4. The zero-order valence-corrected chi connectivity index (χ0v) is 8.33. The third-order valence-electron chi connectivity index (χ3n) is 1.77. The monoisotopic (exact) mass is 264 g/mol. The maximum absolute atomic E-state index is 12.7. The number of alkyl halides is 7. The van der Waals surface area contributed by atoms with E-state index < -0.39 is 35.8 Å². The summed E-state index contributed by atoms with van der Waals surface area (Å²) >= 11 is 0. The number of hydrogen-bond acceptors (Lipinski definition) is 1. The first-order chi connectivity index (χ1) is 7.37. The molecule has 17 heavy (non-hydrogen) atoms. The molecule has 0 aliphatic heterocycles. The second-order valence-electron chi connectivity index (χ2n) is 3.15. The van der Waals surface area contributed by atoms with Crippen molar-refractivity contribution in [1.29, 1.82) is 0 Å². The Kier molecular flexibility index (Phi) is 4.23. The van der Waals surface area contributed by atoms with Gasteiger partial charge in [-0.2, -0.15) is 30.7 Å². The lowest BCUT2D eigenvalue weighted by atomic mass is 10.1. The molecule has 8 heteroatoms. The summed E-state index contributed by atoms with van der Waals surface area (Å²) < 4.78 is 85.3. The quantitative estimate of drug-likeness (QED) is 0.472. The van der Waals surface area contributed by atoms with Crippen LogP contribution >= 0.6 is 0 Å². The van der Waals surface area contributed by atoms with Gasteiger partial charge in [-0.05, 0) is 18.6 Å². The number of terminal acetylenes is 1. The number of halogens is 7. The predicted octanol–water partition coefficient (Wildman–Crippen LogP) is 2.76. The van der Waals surface area contributed by atoms with Gasteiger partial charge in [-0.25, -0.2) is 0 Å². The minimum Gasteiger partial charge on any atom is -0.376 e. The lowest BCUT2D eigenvalue weighted by Gasteiger charge is -2.26. The zero-order valence-electron chi connectivity index (χ0n) is 8.33. The molecular formula is C9H7F7O. The van der Waals surface area contributed by atoms with Crippen LogP contribution in [0.4, 0.5) is 30.7 Å².